The predicted molar refractivity (Wildman–Crippen MR) is 72.5 cm³/mol. The lowest BCUT2D eigenvalue weighted by atomic mass is 10.0. The molecule has 0 radical (unpaired) electrons. The Morgan fingerprint density at radius 3 is 2.65 bits per heavy atom. The Bertz CT molecular complexity index is 549. The minimum absolute atomic E-state index is 0.0247. The number of hydrogen-bond acceptors (Lipinski definition) is 2. The molecule has 0 atom stereocenters. The molecule has 2 rings (SSSR count). The zero-order chi connectivity index (χ0) is 12.3. The molecule has 0 spiro atoms. The highest BCUT2D eigenvalue weighted by atomic mass is 79.9. The average molecular weight is 293 g/mol. The molecule has 0 saturated carbocycles. The van der Waals surface area contributed by atoms with Gasteiger partial charge in [-0.15, -0.1) is 0 Å². The van der Waals surface area contributed by atoms with Gasteiger partial charge in [-0.2, -0.15) is 0 Å². The Morgan fingerprint density at radius 1 is 1.18 bits per heavy atom. The van der Waals surface area contributed by atoms with Crippen molar-refractivity contribution < 1.29 is 9.53 Å². The molecule has 0 bridgehead atoms. The minimum Gasteiger partial charge on any atom is -0.374 e. The maximum absolute atomic E-state index is 11.8. The summed E-state index contributed by atoms with van der Waals surface area (Å²) < 4.78 is 6.16. The Labute approximate surface area is 109 Å². The SMILES string of the molecule is CCOCC(=O)c1ccc2cc(Br)ccc2c1. The summed E-state index contributed by atoms with van der Waals surface area (Å²) >= 11 is 3.43. The summed E-state index contributed by atoms with van der Waals surface area (Å²) in [5.74, 6) is 0.0247. The highest BCUT2D eigenvalue weighted by Crippen LogP contribution is 2.21. The van der Waals surface area contributed by atoms with Crippen molar-refractivity contribution in [2.45, 2.75) is 6.92 Å². The van der Waals surface area contributed by atoms with Gasteiger partial charge in [0.2, 0.25) is 0 Å². The van der Waals surface area contributed by atoms with Crippen LogP contribution in [0, 0.1) is 0 Å². The monoisotopic (exact) mass is 292 g/mol. The van der Waals surface area contributed by atoms with E-state index in [0.717, 1.165) is 15.2 Å². The summed E-state index contributed by atoms with van der Waals surface area (Å²) in [7, 11) is 0. The van der Waals surface area contributed by atoms with Crippen LogP contribution >= 0.6 is 15.9 Å². The Hall–Kier alpha value is -1.19. The zero-order valence-corrected chi connectivity index (χ0v) is 11.2. The topological polar surface area (TPSA) is 26.3 Å². The van der Waals surface area contributed by atoms with Crippen LogP contribution in [0.1, 0.15) is 17.3 Å². The minimum atomic E-state index is 0.0247. The Morgan fingerprint density at radius 2 is 1.88 bits per heavy atom. The van der Waals surface area contributed by atoms with Crippen LogP contribution in [0.15, 0.2) is 40.9 Å². The van der Waals surface area contributed by atoms with E-state index in [4.69, 9.17) is 4.74 Å². The molecule has 0 N–H and O–H groups in total. The molecule has 2 aromatic carbocycles. The van der Waals surface area contributed by atoms with Gasteiger partial charge in [0.05, 0.1) is 0 Å². The second-order valence-electron chi connectivity index (χ2n) is 3.77. The summed E-state index contributed by atoms with van der Waals surface area (Å²) in [5, 5.41) is 2.18. The fourth-order valence-electron chi connectivity index (χ4n) is 1.67. The van der Waals surface area contributed by atoms with Gasteiger partial charge >= 0.3 is 0 Å². The molecular weight excluding hydrogens is 280 g/mol. The third-order valence-corrected chi connectivity index (χ3v) is 3.05. The molecule has 0 aliphatic rings. The van der Waals surface area contributed by atoms with Gasteiger partial charge in [0.25, 0.3) is 0 Å². The van der Waals surface area contributed by atoms with E-state index in [1.165, 1.54) is 0 Å². The average Bonchev–Trinajstić information content (AvgIpc) is 2.35. The van der Waals surface area contributed by atoms with E-state index in [1.807, 2.05) is 43.3 Å². The quantitative estimate of drug-likeness (QED) is 0.801. The Balaban J connectivity index is 2.31. The smallest absolute Gasteiger partial charge is 0.188 e. The molecule has 0 aliphatic heterocycles. The Kier molecular flexibility index (Phi) is 3.92. The van der Waals surface area contributed by atoms with E-state index in [1.54, 1.807) is 0 Å². The lowest BCUT2D eigenvalue weighted by Gasteiger charge is -2.04. The van der Waals surface area contributed by atoms with Gasteiger partial charge in [-0.1, -0.05) is 34.1 Å². The van der Waals surface area contributed by atoms with Gasteiger partial charge in [0, 0.05) is 16.6 Å². The summed E-state index contributed by atoms with van der Waals surface area (Å²) in [6.45, 7) is 2.59. The highest BCUT2D eigenvalue weighted by Gasteiger charge is 2.06. The highest BCUT2D eigenvalue weighted by molar-refractivity contribution is 9.10. The van der Waals surface area contributed by atoms with Gasteiger partial charge in [0.15, 0.2) is 5.78 Å². The van der Waals surface area contributed by atoms with Gasteiger partial charge in [-0.05, 0) is 35.9 Å². The van der Waals surface area contributed by atoms with E-state index in [0.29, 0.717) is 12.2 Å². The first-order chi connectivity index (χ1) is 8.20. The van der Waals surface area contributed by atoms with Crippen molar-refractivity contribution in [2.75, 3.05) is 13.2 Å². The summed E-state index contributed by atoms with van der Waals surface area (Å²) in [5.41, 5.74) is 0.702. The fourth-order valence-corrected chi connectivity index (χ4v) is 2.05. The van der Waals surface area contributed by atoms with Crippen LogP contribution in [0.2, 0.25) is 0 Å². The van der Waals surface area contributed by atoms with Crippen LogP contribution < -0.4 is 0 Å². The summed E-state index contributed by atoms with van der Waals surface area (Å²) in [4.78, 5) is 11.8. The molecule has 2 aromatic rings. The van der Waals surface area contributed by atoms with Crippen LogP contribution in [0.3, 0.4) is 0 Å². The molecule has 0 aliphatic carbocycles. The van der Waals surface area contributed by atoms with Gasteiger partial charge < -0.3 is 4.74 Å². The number of fused-ring (bicyclic) bond motifs is 1. The lowest BCUT2D eigenvalue weighted by Crippen LogP contribution is -2.08. The number of carbonyl (C=O) groups is 1. The summed E-state index contributed by atoms with van der Waals surface area (Å²) in [6, 6.07) is 11.7. The molecule has 0 saturated heterocycles. The number of Topliss-reactive ketones (excluding diaryl/α,β-unsaturated/α-hetero) is 1. The number of carbonyl (C=O) groups excluding carboxylic acids is 1. The number of ether oxygens (including phenoxy) is 1. The fraction of sp³-hybridized carbons (Fsp3) is 0.214. The first kappa shape index (κ1) is 12.3. The lowest BCUT2D eigenvalue weighted by molar-refractivity contribution is 0.0783. The maximum atomic E-state index is 11.8. The molecule has 3 heteroatoms. The van der Waals surface area contributed by atoms with Crippen molar-refractivity contribution in [3.05, 3.63) is 46.4 Å². The molecular formula is C14H13BrO2. The first-order valence-electron chi connectivity index (χ1n) is 5.51. The molecule has 0 fully saturated rings. The predicted octanol–water partition coefficient (Wildman–Crippen LogP) is 3.82. The van der Waals surface area contributed by atoms with Crippen LogP contribution in [0.5, 0.6) is 0 Å². The normalized spacial score (nSPS) is 10.7. The van der Waals surface area contributed by atoms with Crippen LogP contribution in [-0.2, 0) is 4.74 Å². The van der Waals surface area contributed by atoms with Crippen molar-refractivity contribution >= 4 is 32.5 Å². The van der Waals surface area contributed by atoms with Gasteiger partial charge in [-0.3, -0.25) is 4.79 Å². The molecule has 2 nitrogen and oxygen atoms in total. The number of rotatable bonds is 4. The van der Waals surface area contributed by atoms with E-state index < -0.39 is 0 Å². The molecule has 88 valence electrons. The van der Waals surface area contributed by atoms with Crippen molar-refractivity contribution in [3.8, 4) is 0 Å². The standard InChI is InChI=1S/C14H13BrO2/c1-2-17-9-14(16)12-4-3-11-8-13(15)6-5-10(11)7-12/h3-8H,2,9H2,1H3. The number of benzene rings is 2. The van der Waals surface area contributed by atoms with E-state index in [-0.39, 0.29) is 12.4 Å². The second-order valence-corrected chi connectivity index (χ2v) is 4.68. The second kappa shape index (κ2) is 5.43. The molecule has 0 unspecified atom stereocenters. The van der Waals surface area contributed by atoms with Crippen molar-refractivity contribution in [2.24, 2.45) is 0 Å². The molecule has 17 heavy (non-hydrogen) atoms. The van der Waals surface area contributed by atoms with Crippen LogP contribution in [0.4, 0.5) is 0 Å². The van der Waals surface area contributed by atoms with Crippen molar-refractivity contribution in [1.29, 1.82) is 0 Å². The van der Waals surface area contributed by atoms with E-state index in [2.05, 4.69) is 15.9 Å². The van der Waals surface area contributed by atoms with E-state index >= 15 is 0 Å². The number of halogens is 1. The van der Waals surface area contributed by atoms with Crippen molar-refractivity contribution in [3.63, 3.8) is 0 Å². The zero-order valence-electron chi connectivity index (χ0n) is 9.57. The van der Waals surface area contributed by atoms with E-state index in [9.17, 15) is 4.79 Å². The summed E-state index contributed by atoms with van der Waals surface area (Å²) in [6.07, 6.45) is 0. The third-order valence-electron chi connectivity index (χ3n) is 2.56. The van der Waals surface area contributed by atoms with Crippen LogP contribution in [0.25, 0.3) is 10.8 Å². The number of ketones is 1. The van der Waals surface area contributed by atoms with Gasteiger partial charge in [0.1, 0.15) is 6.61 Å². The molecule has 0 heterocycles. The largest absolute Gasteiger partial charge is 0.374 e. The third kappa shape index (κ3) is 2.93. The van der Waals surface area contributed by atoms with Crippen LogP contribution in [-0.4, -0.2) is 19.0 Å². The van der Waals surface area contributed by atoms with Crippen molar-refractivity contribution in [1.82, 2.24) is 0 Å². The first-order valence-corrected chi connectivity index (χ1v) is 6.30. The number of hydrogen-bond donors (Lipinski definition) is 0. The van der Waals surface area contributed by atoms with Gasteiger partial charge in [-0.25, -0.2) is 0 Å². The molecule has 0 amide bonds. The molecule has 0 aromatic heterocycles. The maximum Gasteiger partial charge on any atom is 0.188 e.